The highest BCUT2D eigenvalue weighted by Crippen LogP contribution is 2.67. The molecule has 9 aromatic rings. The van der Waals surface area contributed by atoms with Crippen molar-refractivity contribution in [3.8, 4) is 0 Å². The lowest BCUT2D eigenvalue weighted by Gasteiger charge is -2.48. The van der Waals surface area contributed by atoms with Gasteiger partial charge < -0.3 is 18.6 Å². The van der Waals surface area contributed by atoms with Gasteiger partial charge in [-0.3, -0.25) is 0 Å². The molecule has 0 saturated heterocycles. The molecule has 7 aromatic carbocycles. The molecule has 2 aromatic heterocycles. The van der Waals surface area contributed by atoms with Crippen LogP contribution in [0.15, 0.2) is 136 Å². The first-order valence-electron chi connectivity index (χ1n) is 21.2. The Kier molecular flexibility index (Phi) is 7.97. The van der Waals surface area contributed by atoms with Gasteiger partial charge in [0.15, 0.2) is 0 Å². The van der Waals surface area contributed by atoms with E-state index in [9.17, 15) is 0 Å². The lowest BCUT2D eigenvalue weighted by atomic mass is 9.33. The molecule has 71 heavy (non-hydrogen) atoms. The van der Waals surface area contributed by atoms with Gasteiger partial charge in [-0.1, -0.05) is 66.7 Å². The largest absolute Gasteiger partial charge is 0.456 e. The zero-order chi connectivity index (χ0) is 50.1. The molecule has 0 radical (unpaired) electrons. The third kappa shape index (κ3) is 4.83. The molecule has 4 nitrogen and oxygen atoms in total. The molecule has 4 heterocycles. The normalized spacial score (nSPS) is 20.9. The minimum absolute atomic E-state index is 0.0396. The first-order valence-corrected chi connectivity index (χ1v) is 21.2. The number of hydrogen-bond acceptors (Lipinski definition) is 4. The Balaban J connectivity index is 1.22. The number of anilines is 6. The van der Waals surface area contributed by atoms with E-state index >= 15 is 70.2 Å². The molecule has 2 aliphatic carbocycles. The van der Waals surface area contributed by atoms with E-state index < -0.39 is 98.6 Å². The Bertz CT molecular complexity index is 3620. The van der Waals surface area contributed by atoms with Crippen LogP contribution in [-0.2, 0) is 23.7 Å². The number of alkyl halides is 16. The van der Waals surface area contributed by atoms with Crippen LogP contribution in [-0.4, -0.2) is 30.4 Å². The molecule has 0 unspecified atom stereocenters. The maximum absolute atomic E-state index is 16.2. The van der Waals surface area contributed by atoms with Crippen molar-refractivity contribution < 1.29 is 79.1 Å². The molecular formula is C50H21BF16N2O2. The van der Waals surface area contributed by atoms with Crippen LogP contribution in [0.2, 0.25) is 0 Å². The van der Waals surface area contributed by atoms with Crippen molar-refractivity contribution >= 4 is 101 Å². The fourth-order valence-corrected chi connectivity index (χ4v) is 10.9. The lowest BCUT2D eigenvalue weighted by Crippen LogP contribution is -2.66. The second kappa shape index (κ2) is 13.0. The Labute approximate surface area is 386 Å². The van der Waals surface area contributed by atoms with Crippen molar-refractivity contribution in [2.75, 3.05) is 9.80 Å². The van der Waals surface area contributed by atoms with Crippen LogP contribution < -0.4 is 26.2 Å². The van der Waals surface area contributed by atoms with E-state index in [0.29, 0.717) is 10.8 Å². The second-order valence-electron chi connectivity index (χ2n) is 17.8. The first-order chi connectivity index (χ1) is 33.3. The highest BCUT2D eigenvalue weighted by atomic mass is 19.4. The van der Waals surface area contributed by atoms with Gasteiger partial charge in [0.2, 0.25) is 0 Å². The summed E-state index contributed by atoms with van der Waals surface area (Å²) in [6.07, 6.45) is 0. The highest BCUT2D eigenvalue weighted by molar-refractivity contribution is 7.00. The zero-order valence-corrected chi connectivity index (χ0v) is 35.0. The van der Waals surface area contributed by atoms with Crippen LogP contribution in [0.5, 0.6) is 0 Å². The molecule has 0 spiro atoms. The van der Waals surface area contributed by atoms with Crippen LogP contribution in [0.25, 0.3) is 43.9 Å². The number of hydrogen-bond donors (Lipinski definition) is 0. The molecule has 0 N–H and O–H groups in total. The molecule has 358 valence electrons. The topological polar surface area (TPSA) is 32.8 Å². The summed E-state index contributed by atoms with van der Waals surface area (Å²) in [5.74, 6) is -51.4. The fourth-order valence-electron chi connectivity index (χ4n) is 10.9. The SMILES string of the molecule is FC1(F)c2cc3c(cc2C(F)(F)C(F)(F)C1(F)F)N(c1cccc2oc4ccccc4c12)c1cccc2c1B3c1cc3c(cc1N2c1cccc2oc4ccccc4c12)C(F)(F)C(F)(F)C(F)(F)C3(F)F. The molecule has 0 bridgehead atoms. The second-order valence-corrected chi connectivity index (χ2v) is 17.8. The summed E-state index contributed by atoms with van der Waals surface area (Å²) >= 11 is 0. The highest BCUT2D eigenvalue weighted by Gasteiger charge is 2.86. The number of rotatable bonds is 2. The molecule has 0 atom stereocenters. The minimum atomic E-state index is -6.79. The van der Waals surface area contributed by atoms with E-state index in [-0.39, 0.29) is 85.6 Å². The van der Waals surface area contributed by atoms with Gasteiger partial charge in [0, 0.05) is 55.8 Å². The van der Waals surface area contributed by atoms with Gasteiger partial charge in [0.25, 0.3) is 6.71 Å². The number of fused-ring (bicyclic) bond motifs is 12. The summed E-state index contributed by atoms with van der Waals surface area (Å²) in [4.78, 5) is 2.25. The van der Waals surface area contributed by atoms with Crippen molar-refractivity contribution in [3.63, 3.8) is 0 Å². The summed E-state index contributed by atoms with van der Waals surface area (Å²) in [5.41, 5.74) is -12.2. The smallest absolute Gasteiger partial charge is 0.382 e. The van der Waals surface area contributed by atoms with E-state index in [1.807, 2.05) is 0 Å². The Morgan fingerprint density at radius 1 is 0.324 bits per heavy atom. The number of halogens is 16. The van der Waals surface area contributed by atoms with E-state index in [1.165, 1.54) is 54.6 Å². The number of para-hydroxylation sites is 2. The summed E-state index contributed by atoms with van der Waals surface area (Å²) in [7, 11) is 0. The maximum Gasteiger partial charge on any atom is 0.382 e. The molecule has 13 rings (SSSR count). The molecule has 2 aliphatic heterocycles. The molecule has 4 aliphatic rings. The maximum atomic E-state index is 16.2. The predicted octanol–water partition coefficient (Wildman–Crippen LogP) is 14.5. The van der Waals surface area contributed by atoms with Crippen LogP contribution in [0.3, 0.4) is 0 Å². The first kappa shape index (κ1) is 43.7. The monoisotopic (exact) mass is 996 g/mol. The molecule has 0 amide bonds. The number of benzene rings is 7. The summed E-state index contributed by atoms with van der Waals surface area (Å²) in [6, 6.07) is 25.5. The average Bonchev–Trinajstić information content (AvgIpc) is 3.91. The summed E-state index contributed by atoms with van der Waals surface area (Å²) < 4.78 is 264. The Morgan fingerprint density at radius 2 is 0.634 bits per heavy atom. The third-order valence-corrected chi connectivity index (χ3v) is 14.2. The van der Waals surface area contributed by atoms with Crippen molar-refractivity contribution in [2.24, 2.45) is 0 Å². The van der Waals surface area contributed by atoms with Gasteiger partial charge in [0.05, 0.1) is 22.1 Å². The van der Waals surface area contributed by atoms with E-state index in [1.54, 1.807) is 48.5 Å². The average molecular weight is 997 g/mol. The third-order valence-electron chi connectivity index (χ3n) is 14.2. The van der Waals surface area contributed by atoms with Gasteiger partial charge in [-0.15, -0.1) is 0 Å². The quantitative estimate of drug-likeness (QED) is 0.128. The minimum Gasteiger partial charge on any atom is -0.456 e. The number of nitrogens with zero attached hydrogens (tertiary/aromatic N) is 2. The molecule has 21 heteroatoms. The predicted molar refractivity (Wildman–Crippen MR) is 230 cm³/mol. The zero-order valence-electron chi connectivity index (χ0n) is 35.0. The van der Waals surface area contributed by atoms with Gasteiger partial charge in [-0.25, -0.2) is 0 Å². The van der Waals surface area contributed by atoms with Crippen LogP contribution in [0.1, 0.15) is 22.3 Å². The summed E-state index contributed by atoms with van der Waals surface area (Å²) in [5, 5.41) is 1.09. The van der Waals surface area contributed by atoms with Gasteiger partial charge in [-0.2, -0.15) is 70.2 Å². The fraction of sp³-hybridized carbons (Fsp3) is 0.160. The van der Waals surface area contributed by atoms with Gasteiger partial charge >= 0.3 is 47.4 Å². The van der Waals surface area contributed by atoms with E-state index in [0.717, 1.165) is 9.80 Å². The molecule has 0 fully saturated rings. The number of furan rings is 2. The standard InChI is InChI=1S/C50H21BF16N2O2/c52-43(53)24-18-28-34(20-26(24)45(56,57)49(64,65)47(43,60)61)68(30-10-6-16-38-40(30)22-8-1-3-14-36(22)70-38)32-12-5-13-33-42(32)51(28)29-19-25-27(46(58,59)50(66,67)48(62,63)44(25,54)55)21-35(29)69(33)31-11-7-17-39-41(31)23-9-2-4-15-37(23)71-39/h1-21H. The van der Waals surface area contributed by atoms with Crippen LogP contribution in [0, 0.1) is 0 Å². The Hall–Kier alpha value is -7.32. The molecular weight excluding hydrogens is 975 g/mol. The summed E-state index contributed by atoms with van der Waals surface area (Å²) in [6.45, 7) is -2.09. The van der Waals surface area contributed by atoms with Gasteiger partial charge in [-0.05, 0) is 77.1 Å². The Morgan fingerprint density at radius 3 is 1.01 bits per heavy atom. The molecule has 0 saturated carbocycles. The van der Waals surface area contributed by atoms with Crippen LogP contribution in [0.4, 0.5) is 104 Å². The lowest BCUT2D eigenvalue weighted by molar-refractivity contribution is -0.386. The van der Waals surface area contributed by atoms with Crippen LogP contribution >= 0.6 is 0 Å². The van der Waals surface area contributed by atoms with Gasteiger partial charge in [0.1, 0.15) is 22.3 Å². The van der Waals surface area contributed by atoms with Crippen molar-refractivity contribution in [2.45, 2.75) is 47.4 Å². The van der Waals surface area contributed by atoms with Crippen molar-refractivity contribution in [1.82, 2.24) is 0 Å². The van der Waals surface area contributed by atoms with E-state index in [4.69, 9.17) is 8.83 Å². The van der Waals surface area contributed by atoms with Crippen molar-refractivity contribution in [3.05, 3.63) is 150 Å². The van der Waals surface area contributed by atoms with Crippen molar-refractivity contribution in [1.29, 1.82) is 0 Å². The van der Waals surface area contributed by atoms with E-state index in [2.05, 4.69) is 0 Å².